The van der Waals surface area contributed by atoms with Crippen LogP contribution in [0.3, 0.4) is 0 Å². The van der Waals surface area contributed by atoms with Crippen LogP contribution in [0, 0.1) is 0 Å². The zero-order valence-electron chi connectivity index (χ0n) is 12.2. The molecule has 1 rings (SSSR count). The van der Waals surface area contributed by atoms with Gasteiger partial charge in [0.1, 0.15) is 0 Å². The first kappa shape index (κ1) is 15.5. The fourth-order valence-corrected chi connectivity index (χ4v) is 2.65. The Morgan fingerprint density at radius 3 is 2.67 bits per heavy atom. The van der Waals surface area contributed by atoms with Crippen molar-refractivity contribution in [3.8, 4) is 0 Å². The molecule has 0 aromatic heterocycles. The topological polar surface area (TPSA) is 32.3 Å². The van der Waals surface area contributed by atoms with Crippen LogP contribution in [0.2, 0.25) is 0 Å². The fraction of sp³-hybridized carbons (Fsp3) is 0.933. The van der Waals surface area contributed by atoms with E-state index < -0.39 is 0 Å². The highest BCUT2D eigenvalue weighted by molar-refractivity contribution is 5.76. The highest BCUT2D eigenvalue weighted by atomic mass is 16.2. The highest BCUT2D eigenvalue weighted by Crippen LogP contribution is 2.13. The minimum atomic E-state index is 0.366. The van der Waals surface area contributed by atoms with Gasteiger partial charge in [0.2, 0.25) is 5.91 Å². The molecule has 0 aliphatic carbocycles. The SMILES string of the molecule is CCCCCCCCC(=O)N1CCCC(NC)C1. The highest BCUT2D eigenvalue weighted by Gasteiger charge is 2.21. The number of amides is 1. The number of hydrogen-bond donors (Lipinski definition) is 1. The predicted molar refractivity (Wildman–Crippen MR) is 76.7 cm³/mol. The molecule has 3 heteroatoms. The monoisotopic (exact) mass is 254 g/mol. The summed E-state index contributed by atoms with van der Waals surface area (Å²) in [5.41, 5.74) is 0. The van der Waals surface area contributed by atoms with E-state index in [1.165, 1.54) is 38.5 Å². The van der Waals surface area contributed by atoms with E-state index in [0.717, 1.165) is 32.4 Å². The molecule has 3 nitrogen and oxygen atoms in total. The van der Waals surface area contributed by atoms with Crippen molar-refractivity contribution >= 4 is 5.91 Å². The Bertz CT molecular complexity index is 231. The maximum atomic E-state index is 12.0. The molecule has 1 aliphatic heterocycles. The van der Waals surface area contributed by atoms with Crippen LogP contribution < -0.4 is 5.32 Å². The van der Waals surface area contributed by atoms with E-state index in [9.17, 15) is 4.79 Å². The van der Waals surface area contributed by atoms with Crippen molar-refractivity contribution in [1.29, 1.82) is 0 Å². The lowest BCUT2D eigenvalue weighted by Crippen LogP contribution is -2.46. The van der Waals surface area contributed by atoms with Crippen LogP contribution >= 0.6 is 0 Å². The third-order valence-corrected chi connectivity index (χ3v) is 3.93. The molecule has 18 heavy (non-hydrogen) atoms. The summed E-state index contributed by atoms with van der Waals surface area (Å²) in [6.07, 6.45) is 10.6. The van der Waals surface area contributed by atoms with Crippen LogP contribution in [0.15, 0.2) is 0 Å². The molecule has 1 atom stereocenters. The number of piperidine rings is 1. The first-order valence-corrected chi connectivity index (χ1v) is 7.73. The number of carbonyl (C=O) groups is 1. The second-order valence-electron chi connectivity index (χ2n) is 5.49. The van der Waals surface area contributed by atoms with Gasteiger partial charge in [-0.25, -0.2) is 0 Å². The zero-order valence-corrected chi connectivity index (χ0v) is 12.2. The number of nitrogens with one attached hydrogen (secondary N) is 1. The first-order chi connectivity index (χ1) is 8.77. The number of likely N-dealkylation sites (N-methyl/N-ethyl adjacent to an activating group) is 1. The quantitative estimate of drug-likeness (QED) is 0.675. The third-order valence-electron chi connectivity index (χ3n) is 3.93. The second kappa shape index (κ2) is 9.37. The van der Waals surface area contributed by atoms with Crippen LogP contribution in [0.5, 0.6) is 0 Å². The Morgan fingerprint density at radius 1 is 1.22 bits per heavy atom. The van der Waals surface area contributed by atoms with E-state index in [0.29, 0.717) is 11.9 Å². The van der Waals surface area contributed by atoms with Gasteiger partial charge in [-0.05, 0) is 26.3 Å². The van der Waals surface area contributed by atoms with Crippen LogP contribution in [0.4, 0.5) is 0 Å². The van der Waals surface area contributed by atoms with Crippen LogP contribution in [-0.4, -0.2) is 37.0 Å². The van der Waals surface area contributed by atoms with E-state index >= 15 is 0 Å². The summed E-state index contributed by atoms with van der Waals surface area (Å²) in [5, 5.41) is 3.29. The van der Waals surface area contributed by atoms with Crippen molar-refractivity contribution in [2.24, 2.45) is 0 Å². The Kier molecular flexibility index (Phi) is 8.06. The van der Waals surface area contributed by atoms with Gasteiger partial charge in [-0.1, -0.05) is 39.0 Å². The second-order valence-corrected chi connectivity index (χ2v) is 5.49. The molecule has 1 saturated heterocycles. The third kappa shape index (κ3) is 5.85. The summed E-state index contributed by atoms with van der Waals surface area (Å²) in [5.74, 6) is 0.366. The van der Waals surface area contributed by atoms with Gasteiger partial charge in [0.05, 0.1) is 0 Å². The Labute approximate surface area is 112 Å². The smallest absolute Gasteiger partial charge is 0.222 e. The van der Waals surface area contributed by atoms with Crippen molar-refractivity contribution in [3.63, 3.8) is 0 Å². The van der Waals surface area contributed by atoms with Crippen molar-refractivity contribution in [3.05, 3.63) is 0 Å². The van der Waals surface area contributed by atoms with Gasteiger partial charge < -0.3 is 10.2 Å². The molecule has 0 bridgehead atoms. The van der Waals surface area contributed by atoms with Crippen molar-refractivity contribution in [2.45, 2.75) is 70.8 Å². The molecular weight excluding hydrogens is 224 g/mol. The lowest BCUT2D eigenvalue weighted by molar-refractivity contribution is -0.132. The summed E-state index contributed by atoms with van der Waals surface area (Å²) >= 11 is 0. The molecule has 0 spiro atoms. The zero-order chi connectivity index (χ0) is 13.2. The normalized spacial score (nSPS) is 20.1. The van der Waals surface area contributed by atoms with Gasteiger partial charge >= 0.3 is 0 Å². The minimum Gasteiger partial charge on any atom is -0.341 e. The number of nitrogens with zero attached hydrogens (tertiary/aromatic N) is 1. The summed E-state index contributed by atoms with van der Waals surface area (Å²) in [4.78, 5) is 14.1. The molecule has 1 amide bonds. The Morgan fingerprint density at radius 2 is 1.94 bits per heavy atom. The molecule has 1 unspecified atom stereocenters. The molecular formula is C15H30N2O. The predicted octanol–water partition coefficient (Wildman–Crippen LogP) is 2.95. The fourth-order valence-electron chi connectivity index (χ4n) is 2.65. The average Bonchev–Trinajstić information content (AvgIpc) is 2.42. The van der Waals surface area contributed by atoms with Gasteiger partial charge in [0, 0.05) is 25.6 Å². The van der Waals surface area contributed by atoms with E-state index in [1.807, 2.05) is 7.05 Å². The molecule has 0 saturated carbocycles. The van der Waals surface area contributed by atoms with Gasteiger partial charge in [0.25, 0.3) is 0 Å². The number of rotatable bonds is 8. The van der Waals surface area contributed by atoms with E-state index in [4.69, 9.17) is 0 Å². The van der Waals surface area contributed by atoms with E-state index in [-0.39, 0.29) is 0 Å². The minimum absolute atomic E-state index is 0.366. The number of carbonyl (C=O) groups excluding carboxylic acids is 1. The molecule has 1 heterocycles. The average molecular weight is 254 g/mol. The Hall–Kier alpha value is -0.570. The first-order valence-electron chi connectivity index (χ1n) is 7.73. The summed E-state index contributed by atoms with van der Waals surface area (Å²) < 4.78 is 0. The molecule has 0 aromatic carbocycles. The molecule has 0 aromatic rings. The maximum absolute atomic E-state index is 12.0. The molecule has 0 radical (unpaired) electrons. The van der Waals surface area contributed by atoms with E-state index in [1.54, 1.807) is 0 Å². The van der Waals surface area contributed by atoms with Crippen LogP contribution in [0.1, 0.15) is 64.7 Å². The van der Waals surface area contributed by atoms with Gasteiger partial charge in [-0.15, -0.1) is 0 Å². The van der Waals surface area contributed by atoms with Crippen LogP contribution in [0.25, 0.3) is 0 Å². The lowest BCUT2D eigenvalue weighted by Gasteiger charge is -2.32. The van der Waals surface area contributed by atoms with Gasteiger partial charge in [0.15, 0.2) is 0 Å². The van der Waals surface area contributed by atoms with Crippen molar-refractivity contribution in [1.82, 2.24) is 10.2 Å². The standard InChI is InChI=1S/C15H30N2O/c1-3-4-5-6-7-8-11-15(18)17-12-9-10-14(13-17)16-2/h14,16H,3-13H2,1-2H3. The van der Waals surface area contributed by atoms with Crippen LogP contribution in [-0.2, 0) is 4.79 Å². The maximum Gasteiger partial charge on any atom is 0.222 e. The number of hydrogen-bond acceptors (Lipinski definition) is 2. The van der Waals surface area contributed by atoms with Gasteiger partial charge in [-0.2, -0.15) is 0 Å². The van der Waals surface area contributed by atoms with Crippen molar-refractivity contribution in [2.75, 3.05) is 20.1 Å². The molecule has 1 N–H and O–H groups in total. The summed E-state index contributed by atoms with van der Waals surface area (Å²) in [6, 6.07) is 0.507. The lowest BCUT2D eigenvalue weighted by atomic mass is 10.0. The largest absolute Gasteiger partial charge is 0.341 e. The molecule has 1 fully saturated rings. The van der Waals surface area contributed by atoms with Crippen molar-refractivity contribution < 1.29 is 4.79 Å². The summed E-state index contributed by atoms with van der Waals surface area (Å²) in [6.45, 7) is 4.11. The summed E-state index contributed by atoms with van der Waals surface area (Å²) in [7, 11) is 1.99. The molecule has 106 valence electrons. The van der Waals surface area contributed by atoms with E-state index in [2.05, 4.69) is 17.1 Å². The number of likely N-dealkylation sites (tertiary alicyclic amines) is 1. The van der Waals surface area contributed by atoms with Gasteiger partial charge in [-0.3, -0.25) is 4.79 Å². The Balaban J connectivity index is 2.08. The molecule has 1 aliphatic rings. The number of unbranched alkanes of at least 4 members (excludes halogenated alkanes) is 5.